The molecule has 88 heavy (non-hydrogen) atoms. The Kier molecular flexibility index (Phi) is 61.1. The molecule has 522 valence electrons. The average molecular weight is 1300 g/mol. The fraction of sp³-hybridized carbons (Fsp3) is 0.942. The van der Waals surface area contributed by atoms with Crippen LogP contribution in [0.4, 0.5) is 0 Å². The molecule has 0 rings (SSSR count). The summed E-state index contributed by atoms with van der Waals surface area (Å²) >= 11 is 0. The van der Waals surface area contributed by atoms with Crippen LogP contribution in [0.3, 0.4) is 0 Å². The summed E-state index contributed by atoms with van der Waals surface area (Å²) in [5.41, 5.74) is 0. The number of aliphatic hydroxyl groups is 1. The smallest absolute Gasteiger partial charge is 0.462 e. The molecule has 0 aromatic heterocycles. The lowest BCUT2D eigenvalue weighted by Crippen LogP contribution is -2.30. The molecule has 0 aromatic carbocycles. The fourth-order valence-electron chi connectivity index (χ4n) is 10.5. The van der Waals surface area contributed by atoms with Crippen LogP contribution < -0.4 is 0 Å². The summed E-state index contributed by atoms with van der Waals surface area (Å²) < 4.78 is 68.2. The molecule has 0 aromatic rings. The van der Waals surface area contributed by atoms with Crippen molar-refractivity contribution in [3.05, 3.63) is 0 Å². The van der Waals surface area contributed by atoms with Crippen molar-refractivity contribution >= 4 is 39.5 Å². The standard InChI is InChI=1S/C69H134O17P2/c1-6-9-12-15-18-21-24-26-27-28-29-30-32-35-38-45-50-55-69(74)85-64(58-79-66(71)52-47-42-36-34-31-25-22-19-16-13-10-7-2)60-83-87(75,76)81-56-63(70)57-82-88(77,78)84-61-65(59-80-67(72)53-48-43-40-39-41-46-51-62(4)5)86-68(73)54-49-44-37-33-23-20-17-14-11-8-3/h62-65,70H,6-61H2,1-5H3,(H,75,76)(H,77,78)/t63-,64-,65-/m1/s1. The molecule has 0 aliphatic heterocycles. The van der Waals surface area contributed by atoms with Crippen LogP contribution in [0, 0.1) is 5.92 Å². The van der Waals surface area contributed by atoms with Gasteiger partial charge in [-0.15, -0.1) is 0 Å². The van der Waals surface area contributed by atoms with E-state index in [0.717, 1.165) is 96.3 Å². The Labute approximate surface area is 537 Å². The van der Waals surface area contributed by atoms with E-state index in [4.69, 9.17) is 37.0 Å². The summed E-state index contributed by atoms with van der Waals surface area (Å²) in [6.45, 7) is 7.15. The van der Waals surface area contributed by atoms with Crippen molar-refractivity contribution in [1.29, 1.82) is 0 Å². The normalized spacial score (nSPS) is 14.1. The lowest BCUT2D eigenvalue weighted by Gasteiger charge is -2.21. The zero-order chi connectivity index (χ0) is 64.9. The Balaban J connectivity index is 5.21. The molecule has 2 unspecified atom stereocenters. The maximum Gasteiger partial charge on any atom is 0.472 e. The first-order valence-corrected chi connectivity index (χ1v) is 39.1. The molecule has 17 nitrogen and oxygen atoms in total. The van der Waals surface area contributed by atoms with E-state index in [1.165, 1.54) is 173 Å². The number of phosphoric ester groups is 2. The number of hydrogen-bond donors (Lipinski definition) is 3. The van der Waals surface area contributed by atoms with Gasteiger partial charge in [0.15, 0.2) is 12.2 Å². The molecule has 0 aliphatic carbocycles. The van der Waals surface area contributed by atoms with E-state index in [-0.39, 0.29) is 25.7 Å². The summed E-state index contributed by atoms with van der Waals surface area (Å²) in [4.78, 5) is 72.4. The van der Waals surface area contributed by atoms with Crippen molar-refractivity contribution in [1.82, 2.24) is 0 Å². The van der Waals surface area contributed by atoms with E-state index in [0.29, 0.717) is 31.6 Å². The molecule has 0 saturated heterocycles. The molecular formula is C69H134O17P2. The van der Waals surface area contributed by atoms with Gasteiger partial charge < -0.3 is 33.8 Å². The van der Waals surface area contributed by atoms with E-state index in [1.54, 1.807) is 0 Å². The van der Waals surface area contributed by atoms with E-state index in [2.05, 4.69) is 34.6 Å². The molecular weight excluding hydrogens is 1160 g/mol. The first kappa shape index (κ1) is 86.1. The Morgan fingerprint density at radius 1 is 0.307 bits per heavy atom. The molecule has 0 bridgehead atoms. The van der Waals surface area contributed by atoms with Gasteiger partial charge in [0, 0.05) is 25.7 Å². The van der Waals surface area contributed by atoms with Crippen molar-refractivity contribution in [3.8, 4) is 0 Å². The monoisotopic (exact) mass is 1300 g/mol. The van der Waals surface area contributed by atoms with E-state index in [1.807, 2.05) is 0 Å². The third-order valence-electron chi connectivity index (χ3n) is 16.0. The highest BCUT2D eigenvalue weighted by Gasteiger charge is 2.30. The summed E-state index contributed by atoms with van der Waals surface area (Å²) in [5.74, 6) is -1.45. The Hall–Kier alpha value is -1.94. The van der Waals surface area contributed by atoms with Gasteiger partial charge in [0.2, 0.25) is 0 Å². The number of ether oxygens (including phenoxy) is 4. The number of hydrogen-bond acceptors (Lipinski definition) is 15. The fourth-order valence-corrected chi connectivity index (χ4v) is 12.0. The second kappa shape index (κ2) is 62.5. The van der Waals surface area contributed by atoms with Crippen LogP contribution in [-0.4, -0.2) is 96.7 Å². The topological polar surface area (TPSA) is 237 Å². The Bertz CT molecular complexity index is 1700. The van der Waals surface area contributed by atoms with Crippen LogP contribution in [0.15, 0.2) is 0 Å². The zero-order valence-electron chi connectivity index (χ0n) is 56.9. The molecule has 0 spiro atoms. The van der Waals surface area contributed by atoms with E-state index >= 15 is 0 Å². The summed E-state index contributed by atoms with van der Waals surface area (Å²) in [7, 11) is -9.89. The molecule has 0 saturated carbocycles. The number of carbonyl (C=O) groups excluding carboxylic acids is 4. The minimum atomic E-state index is -4.95. The largest absolute Gasteiger partial charge is 0.472 e. The van der Waals surface area contributed by atoms with E-state index < -0.39 is 97.5 Å². The molecule has 0 heterocycles. The van der Waals surface area contributed by atoms with Gasteiger partial charge in [0.05, 0.1) is 26.4 Å². The third-order valence-corrected chi connectivity index (χ3v) is 17.9. The van der Waals surface area contributed by atoms with E-state index in [9.17, 15) is 43.2 Å². The molecule has 0 aliphatic rings. The first-order chi connectivity index (χ1) is 42.5. The molecule has 0 radical (unpaired) electrons. The second-order valence-corrected chi connectivity index (χ2v) is 28.3. The van der Waals surface area contributed by atoms with Crippen LogP contribution in [0.2, 0.25) is 0 Å². The predicted molar refractivity (Wildman–Crippen MR) is 354 cm³/mol. The summed E-state index contributed by atoms with van der Waals surface area (Å²) in [5, 5.41) is 10.6. The molecule has 3 N–H and O–H groups in total. The first-order valence-electron chi connectivity index (χ1n) is 36.1. The van der Waals surface area contributed by atoms with Crippen molar-refractivity contribution in [2.24, 2.45) is 5.92 Å². The van der Waals surface area contributed by atoms with Crippen LogP contribution in [-0.2, 0) is 65.4 Å². The van der Waals surface area contributed by atoms with Gasteiger partial charge in [-0.2, -0.15) is 0 Å². The second-order valence-electron chi connectivity index (χ2n) is 25.4. The van der Waals surface area contributed by atoms with Gasteiger partial charge in [-0.1, -0.05) is 304 Å². The Morgan fingerprint density at radius 2 is 0.523 bits per heavy atom. The van der Waals surface area contributed by atoms with Crippen LogP contribution >= 0.6 is 15.6 Å². The SMILES string of the molecule is CCCCCCCCCCCCCCCCCCCC(=O)O[C@H](COC(=O)CCCCCCCCCCCCCC)COP(=O)(O)OC[C@@H](O)COP(=O)(O)OC[C@@H](COC(=O)CCCCCCCCC(C)C)OC(=O)CCCCCCCCCCCC. The number of rotatable bonds is 69. The highest BCUT2D eigenvalue weighted by Crippen LogP contribution is 2.45. The molecule has 19 heteroatoms. The maximum absolute atomic E-state index is 13.0. The van der Waals surface area contributed by atoms with Gasteiger partial charge in [-0.05, 0) is 31.6 Å². The van der Waals surface area contributed by atoms with Crippen LogP contribution in [0.1, 0.15) is 356 Å². The highest BCUT2D eigenvalue weighted by molar-refractivity contribution is 7.47. The van der Waals surface area contributed by atoms with Crippen molar-refractivity contribution in [2.75, 3.05) is 39.6 Å². The highest BCUT2D eigenvalue weighted by atomic mass is 31.2. The quantitative estimate of drug-likeness (QED) is 0.0222. The zero-order valence-corrected chi connectivity index (χ0v) is 58.6. The average Bonchev–Trinajstić information content (AvgIpc) is 3.64. The van der Waals surface area contributed by atoms with Crippen molar-refractivity contribution in [3.63, 3.8) is 0 Å². The summed E-state index contributed by atoms with van der Waals surface area (Å²) in [6.07, 6.45) is 48.7. The van der Waals surface area contributed by atoms with Gasteiger partial charge in [-0.25, -0.2) is 9.13 Å². The lowest BCUT2D eigenvalue weighted by atomic mass is 10.0. The third kappa shape index (κ3) is 62.8. The number of carbonyl (C=O) groups is 4. The number of esters is 4. The van der Waals surface area contributed by atoms with Gasteiger partial charge in [0.1, 0.15) is 19.3 Å². The van der Waals surface area contributed by atoms with Crippen molar-refractivity contribution in [2.45, 2.75) is 374 Å². The van der Waals surface area contributed by atoms with Gasteiger partial charge >= 0.3 is 39.5 Å². The van der Waals surface area contributed by atoms with Gasteiger partial charge in [0.25, 0.3) is 0 Å². The minimum Gasteiger partial charge on any atom is -0.462 e. The van der Waals surface area contributed by atoms with Crippen molar-refractivity contribution < 1.29 is 80.2 Å². The molecule has 0 fully saturated rings. The number of phosphoric acid groups is 2. The summed E-state index contributed by atoms with van der Waals surface area (Å²) in [6, 6.07) is 0. The molecule has 5 atom stereocenters. The predicted octanol–water partition coefficient (Wildman–Crippen LogP) is 19.7. The van der Waals surface area contributed by atoms with Gasteiger partial charge in [-0.3, -0.25) is 37.3 Å². The maximum atomic E-state index is 13.0. The minimum absolute atomic E-state index is 0.106. The number of aliphatic hydroxyl groups excluding tert-OH is 1. The van der Waals surface area contributed by atoms with Crippen LogP contribution in [0.5, 0.6) is 0 Å². The Morgan fingerprint density at radius 3 is 0.773 bits per heavy atom. The lowest BCUT2D eigenvalue weighted by molar-refractivity contribution is -0.161. The van der Waals surface area contributed by atoms with Crippen LogP contribution in [0.25, 0.3) is 0 Å². The molecule has 0 amide bonds. The number of unbranched alkanes of at least 4 members (excludes halogenated alkanes) is 41.